The van der Waals surface area contributed by atoms with Gasteiger partial charge in [-0.3, -0.25) is 14.9 Å². The molecule has 0 saturated heterocycles. The molecule has 0 aromatic heterocycles. The van der Waals surface area contributed by atoms with E-state index in [-0.39, 0.29) is 24.7 Å². The number of rotatable bonds is 7. The molecule has 6 nitrogen and oxygen atoms in total. The molecule has 0 rings (SSSR count). The standard InChI is InChI=1S/C8H18N4O2/c1-2-11-7(13)3-4-8(14)12-6-10-5-9/h10H,2-6,9H2,1H3,(H,11,13)(H,12,14). The summed E-state index contributed by atoms with van der Waals surface area (Å²) >= 11 is 0. The van der Waals surface area contributed by atoms with Crippen molar-refractivity contribution in [2.24, 2.45) is 5.73 Å². The monoisotopic (exact) mass is 202 g/mol. The maximum absolute atomic E-state index is 11.1. The molecule has 0 aliphatic carbocycles. The lowest BCUT2D eigenvalue weighted by Crippen LogP contribution is -2.37. The normalized spacial score (nSPS) is 9.57. The van der Waals surface area contributed by atoms with Crippen LogP contribution in [0.1, 0.15) is 19.8 Å². The molecular formula is C8H18N4O2. The number of nitrogens with two attached hydrogens (primary N) is 1. The van der Waals surface area contributed by atoms with Gasteiger partial charge in [0.15, 0.2) is 0 Å². The number of amides is 2. The van der Waals surface area contributed by atoms with E-state index in [4.69, 9.17) is 5.73 Å². The van der Waals surface area contributed by atoms with Crippen LogP contribution in [0, 0.1) is 0 Å². The second-order valence-corrected chi connectivity index (χ2v) is 2.68. The summed E-state index contributed by atoms with van der Waals surface area (Å²) in [5, 5.41) is 7.92. The summed E-state index contributed by atoms with van der Waals surface area (Å²) in [5.41, 5.74) is 5.15. The summed E-state index contributed by atoms with van der Waals surface area (Å²) in [6.07, 6.45) is 0.431. The predicted molar refractivity (Wildman–Crippen MR) is 53.1 cm³/mol. The molecule has 0 spiro atoms. The molecule has 0 heterocycles. The molecule has 0 radical (unpaired) electrons. The Bertz CT molecular complexity index is 184. The third-order valence-electron chi connectivity index (χ3n) is 1.51. The predicted octanol–water partition coefficient (Wildman–Crippen LogP) is -1.52. The van der Waals surface area contributed by atoms with Crippen LogP contribution < -0.4 is 21.7 Å². The number of carbonyl (C=O) groups is 2. The van der Waals surface area contributed by atoms with Crippen LogP contribution in [0.15, 0.2) is 0 Å². The SMILES string of the molecule is CCNC(=O)CCC(=O)NCNCN. The third kappa shape index (κ3) is 7.51. The molecule has 0 unspecified atom stereocenters. The summed E-state index contributed by atoms with van der Waals surface area (Å²) in [7, 11) is 0. The van der Waals surface area contributed by atoms with Gasteiger partial charge in [0.25, 0.3) is 0 Å². The van der Waals surface area contributed by atoms with Crippen molar-refractivity contribution in [1.29, 1.82) is 0 Å². The highest BCUT2D eigenvalue weighted by Gasteiger charge is 2.04. The third-order valence-corrected chi connectivity index (χ3v) is 1.51. The quantitative estimate of drug-likeness (QED) is 0.298. The van der Waals surface area contributed by atoms with Gasteiger partial charge in [0.1, 0.15) is 0 Å². The lowest BCUT2D eigenvalue weighted by molar-refractivity contribution is -0.126. The van der Waals surface area contributed by atoms with E-state index < -0.39 is 0 Å². The van der Waals surface area contributed by atoms with E-state index in [0.29, 0.717) is 19.9 Å². The van der Waals surface area contributed by atoms with Crippen LogP contribution in [-0.4, -0.2) is 31.7 Å². The fourth-order valence-electron chi connectivity index (χ4n) is 0.834. The molecular weight excluding hydrogens is 184 g/mol. The number of hydrogen-bond acceptors (Lipinski definition) is 4. The van der Waals surface area contributed by atoms with Crippen molar-refractivity contribution < 1.29 is 9.59 Å². The molecule has 0 aliphatic rings. The maximum atomic E-state index is 11.1. The molecule has 0 saturated carbocycles. The first-order valence-corrected chi connectivity index (χ1v) is 4.64. The van der Waals surface area contributed by atoms with Gasteiger partial charge in [-0.25, -0.2) is 0 Å². The van der Waals surface area contributed by atoms with Crippen LogP contribution in [0.2, 0.25) is 0 Å². The highest BCUT2D eigenvalue weighted by Crippen LogP contribution is 1.87. The van der Waals surface area contributed by atoms with Gasteiger partial charge in [-0.2, -0.15) is 0 Å². The lowest BCUT2D eigenvalue weighted by Gasteiger charge is -2.05. The molecule has 14 heavy (non-hydrogen) atoms. The van der Waals surface area contributed by atoms with Crippen molar-refractivity contribution in [2.75, 3.05) is 19.9 Å². The topological polar surface area (TPSA) is 96.2 Å². The van der Waals surface area contributed by atoms with Crippen LogP contribution in [0.3, 0.4) is 0 Å². The van der Waals surface area contributed by atoms with Crippen LogP contribution >= 0.6 is 0 Å². The summed E-state index contributed by atoms with van der Waals surface area (Å²) in [6, 6.07) is 0. The minimum absolute atomic E-state index is 0.102. The smallest absolute Gasteiger partial charge is 0.221 e. The van der Waals surface area contributed by atoms with Gasteiger partial charge < -0.3 is 16.4 Å². The van der Waals surface area contributed by atoms with E-state index in [9.17, 15) is 9.59 Å². The Hall–Kier alpha value is -1.14. The van der Waals surface area contributed by atoms with Crippen LogP contribution in [0.5, 0.6) is 0 Å². The van der Waals surface area contributed by atoms with Crippen LogP contribution in [-0.2, 0) is 9.59 Å². The second kappa shape index (κ2) is 8.46. The van der Waals surface area contributed by atoms with E-state index in [2.05, 4.69) is 16.0 Å². The zero-order valence-corrected chi connectivity index (χ0v) is 8.43. The van der Waals surface area contributed by atoms with Crippen molar-refractivity contribution in [2.45, 2.75) is 19.8 Å². The van der Waals surface area contributed by atoms with Crippen molar-refractivity contribution >= 4 is 11.8 Å². The molecule has 0 bridgehead atoms. The maximum Gasteiger partial charge on any atom is 0.221 e. The Balaban J connectivity index is 3.39. The zero-order valence-electron chi connectivity index (χ0n) is 8.43. The summed E-state index contributed by atoms with van der Waals surface area (Å²) in [6.45, 7) is 3.08. The Morgan fingerprint density at radius 3 is 2.21 bits per heavy atom. The van der Waals surface area contributed by atoms with Gasteiger partial charge in [-0.15, -0.1) is 0 Å². The minimum Gasteiger partial charge on any atom is -0.356 e. The molecule has 5 N–H and O–H groups in total. The van der Waals surface area contributed by atoms with Gasteiger partial charge >= 0.3 is 0 Å². The Morgan fingerprint density at radius 2 is 1.71 bits per heavy atom. The number of nitrogens with one attached hydrogen (secondary N) is 3. The molecule has 0 aliphatic heterocycles. The average Bonchev–Trinajstić information content (AvgIpc) is 2.16. The van der Waals surface area contributed by atoms with E-state index in [1.165, 1.54) is 0 Å². The first-order chi connectivity index (χ1) is 6.70. The number of hydrogen-bond donors (Lipinski definition) is 4. The van der Waals surface area contributed by atoms with Gasteiger partial charge in [0, 0.05) is 26.1 Å². The van der Waals surface area contributed by atoms with E-state index >= 15 is 0 Å². The Labute approximate surface area is 83.6 Å². The van der Waals surface area contributed by atoms with Gasteiger partial charge in [-0.1, -0.05) is 0 Å². The molecule has 0 fully saturated rings. The fourth-order valence-corrected chi connectivity index (χ4v) is 0.834. The van der Waals surface area contributed by atoms with E-state index in [1.54, 1.807) is 0 Å². The Morgan fingerprint density at radius 1 is 1.14 bits per heavy atom. The number of carbonyl (C=O) groups excluding carboxylic acids is 2. The summed E-state index contributed by atoms with van der Waals surface area (Å²) in [4.78, 5) is 22.0. The highest BCUT2D eigenvalue weighted by molar-refractivity contribution is 5.83. The van der Waals surface area contributed by atoms with E-state index in [1.807, 2.05) is 6.92 Å². The first kappa shape index (κ1) is 12.9. The van der Waals surface area contributed by atoms with Crippen molar-refractivity contribution in [3.63, 3.8) is 0 Å². The first-order valence-electron chi connectivity index (χ1n) is 4.64. The van der Waals surface area contributed by atoms with E-state index in [0.717, 1.165) is 0 Å². The average molecular weight is 202 g/mol. The van der Waals surface area contributed by atoms with Gasteiger partial charge in [0.2, 0.25) is 11.8 Å². The second-order valence-electron chi connectivity index (χ2n) is 2.68. The molecule has 82 valence electrons. The largest absolute Gasteiger partial charge is 0.356 e. The zero-order chi connectivity index (χ0) is 10.8. The van der Waals surface area contributed by atoms with Crippen LogP contribution in [0.4, 0.5) is 0 Å². The highest BCUT2D eigenvalue weighted by atomic mass is 16.2. The van der Waals surface area contributed by atoms with Gasteiger partial charge in [0.05, 0.1) is 6.67 Å². The molecule has 6 heteroatoms. The van der Waals surface area contributed by atoms with Crippen LogP contribution in [0.25, 0.3) is 0 Å². The van der Waals surface area contributed by atoms with Crippen molar-refractivity contribution in [3.05, 3.63) is 0 Å². The van der Waals surface area contributed by atoms with Crippen molar-refractivity contribution in [3.8, 4) is 0 Å². The lowest BCUT2D eigenvalue weighted by atomic mass is 10.3. The summed E-state index contributed by atoms with van der Waals surface area (Å²) in [5.74, 6) is -0.258. The van der Waals surface area contributed by atoms with Gasteiger partial charge in [-0.05, 0) is 6.92 Å². The minimum atomic E-state index is -0.155. The Kier molecular flexibility index (Phi) is 7.77. The molecule has 0 aromatic carbocycles. The fraction of sp³-hybridized carbons (Fsp3) is 0.750. The molecule has 0 aromatic rings. The molecule has 0 atom stereocenters. The van der Waals surface area contributed by atoms with Crippen molar-refractivity contribution in [1.82, 2.24) is 16.0 Å². The summed E-state index contributed by atoms with van der Waals surface area (Å²) < 4.78 is 0. The molecule has 2 amide bonds.